The minimum absolute atomic E-state index is 0.00519. The Bertz CT molecular complexity index is 636. The number of allylic oxidation sites excluding steroid dienone is 1. The van der Waals surface area contributed by atoms with Crippen LogP contribution in [0, 0.1) is 28.6 Å². The number of hydrogen-bond donors (Lipinski definition) is 1. The molecule has 4 fully saturated rings. The standard InChI is InChI=1S/C21H30O4/c1-12(2)15-6-9-21-11-13(3)14(18(23)19(21)24)10-16(21)20(15,4)8-7-17(22)25-5/h14-16,18,23H,1,3,6-11H2,2,4-5H3/t14-,15+,16-,18+,20+,21-/m0/s1. The van der Waals surface area contributed by atoms with Gasteiger partial charge in [-0.3, -0.25) is 9.59 Å². The summed E-state index contributed by atoms with van der Waals surface area (Å²) in [5, 5.41) is 10.5. The summed E-state index contributed by atoms with van der Waals surface area (Å²) in [6.07, 6.45) is 3.27. The second-order valence-corrected chi connectivity index (χ2v) is 8.71. The van der Waals surface area contributed by atoms with Crippen molar-refractivity contribution in [2.45, 2.75) is 58.5 Å². The van der Waals surface area contributed by atoms with Crippen LogP contribution in [0.15, 0.2) is 24.3 Å². The highest BCUT2D eigenvalue weighted by Crippen LogP contribution is 2.67. The summed E-state index contributed by atoms with van der Waals surface area (Å²) < 4.78 is 4.85. The van der Waals surface area contributed by atoms with Crippen LogP contribution in [-0.2, 0) is 14.3 Å². The second-order valence-electron chi connectivity index (χ2n) is 8.71. The Kier molecular flexibility index (Phi) is 4.47. The molecule has 0 radical (unpaired) electrons. The van der Waals surface area contributed by atoms with Crippen LogP contribution in [0.4, 0.5) is 0 Å². The fourth-order valence-corrected chi connectivity index (χ4v) is 6.29. The SMILES string of the molecule is C=C(C)[C@H]1CC[C@]23CC(=C)[C@H](C[C@H]2[C@]1(C)CCC(=O)OC)[C@@H](O)C3=O. The molecule has 4 heteroatoms. The molecule has 138 valence electrons. The van der Waals surface area contributed by atoms with Crippen LogP contribution in [0.25, 0.3) is 0 Å². The molecule has 2 bridgehead atoms. The highest BCUT2D eigenvalue weighted by molar-refractivity contribution is 5.92. The van der Waals surface area contributed by atoms with Crippen molar-refractivity contribution >= 4 is 11.8 Å². The van der Waals surface area contributed by atoms with Gasteiger partial charge in [0.2, 0.25) is 0 Å². The minimum Gasteiger partial charge on any atom is -0.469 e. The van der Waals surface area contributed by atoms with Crippen molar-refractivity contribution < 1.29 is 19.4 Å². The molecule has 0 aromatic carbocycles. The lowest BCUT2D eigenvalue weighted by Gasteiger charge is -2.64. The van der Waals surface area contributed by atoms with E-state index in [0.29, 0.717) is 19.3 Å². The third kappa shape index (κ3) is 2.52. The molecule has 4 saturated carbocycles. The van der Waals surface area contributed by atoms with Crippen molar-refractivity contribution in [3.05, 3.63) is 24.3 Å². The Balaban J connectivity index is 2.01. The maximum absolute atomic E-state index is 13.0. The quantitative estimate of drug-likeness (QED) is 0.625. The fraction of sp³-hybridized carbons (Fsp3) is 0.714. The highest BCUT2D eigenvalue weighted by atomic mass is 16.5. The molecular weight excluding hydrogens is 316 g/mol. The van der Waals surface area contributed by atoms with E-state index in [1.54, 1.807) is 0 Å². The molecule has 4 nitrogen and oxygen atoms in total. The first-order valence-electron chi connectivity index (χ1n) is 9.29. The van der Waals surface area contributed by atoms with Crippen molar-refractivity contribution in [1.29, 1.82) is 0 Å². The number of esters is 1. The summed E-state index contributed by atoms with van der Waals surface area (Å²) in [5.74, 6) is 0.0983. The number of rotatable bonds is 4. The Morgan fingerprint density at radius 3 is 2.72 bits per heavy atom. The lowest BCUT2D eigenvalue weighted by molar-refractivity contribution is -0.177. The van der Waals surface area contributed by atoms with E-state index in [2.05, 4.69) is 27.0 Å². The number of aliphatic hydroxyl groups excluding tert-OH is 1. The summed E-state index contributed by atoms with van der Waals surface area (Å²) >= 11 is 0. The zero-order valence-electron chi connectivity index (χ0n) is 15.6. The van der Waals surface area contributed by atoms with Gasteiger partial charge < -0.3 is 9.84 Å². The molecule has 1 N–H and O–H groups in total. The van der Waals surface area contributed by atoms with Gasteiger partial charge in [-0.25, -0.2) is 0 Å². The van der Waals surface area contributed by atoms with E-state index in [0.717, 1.165) is 30.4 Å². The zero-order valence-corrected chi connectivity index (χ0v) is 15.6. The Morgan fingerprint density at radius 2 is 2.12 bits per heavy atom. The monoisotopic (exact) mass is 346 g/mol. The van der Waals surface area contributed by atoms with E-state index in [4.69, 9.17) is 4.74 Å². The predicted octanol–water partition coefficient (Wildman–Crippen LogP) is 3.44. The smallest absolute Gasteiger partial charge is 0.305 e. The van der Waals surface area contributed by atoms with E-state index in [1.165, 1.54) is 7.11 Å². The largest absolute Gasteiger partial charge is 0.469 e. The fourth-order valence-electron chi connectivity index (χ4n) is 6.29. The maximum atomic E-state index is 13.0. The Labute approximate surface area is 150 Å². The third-order valence-corrected chi connectivity index (χ3v) is 7.53. The number of carbonyl (C=O) groups excluding carboxylic acids is 2. The Morgan fingerprint density at radius 1 is 1.44 bits per heavy atom. The van der Waals surface area contributed by atoms with Crippen LogP contribution in [0.1, 0.15) is 52.4 Å². The molecule has 4 aliphatic carbocycles. The van der Waals surface area contributed by atoms with E-state index < -0.39 is 11.5 Å². The number of fused-ring (bicyclic) bond motifs is 2. The predicted molar refractivity (Wildman–Crippen MR) is 95.7 cm³/mol. The van der Waals surface area contributed by atoms with Gasteiger partial charge in [-0.1, -0.05) is 31.2 Å². The van der Waals surface area contributed by atoms with Gasteiger partial charge in [0.1, 0.15) is 6.10 Å². The zero-order chi connectivity index (χ0) is 18.6. The number of Topliss-reactive ketones (excluding diaryl/α,β-unsaturated/α-hetero) is 1. The van der Waals surface area contributed by atoms with Crippen molar-refractivity contribution in [1.82, 2.24) is 0 Å². The molecule has 0 aliphatic heterocycles. The normalized spacial score (nSPS) is 42.9. The topological polar surface area (TPSA) is 63.6 Å². The van der Waals surface area contributed by atoms with E-state index >= 15 is 0 Å². The molecule has 0 heterocycles. The molecule has 4 aliphatic rings. The van der Waals surface area contributed by atoms with Crippen LogP contribution in [0.5, 0.6) is 0 Å². The highest BCUT2D eigenvalue weighted by Gasteiger charge is 2.66. The molecule has 0 aromatic rings. The van der Waals surface area contributed by atoms with Crippen LogP contribution in [-0.4, -0.2) is 30.1 Å². The van der Waals surface area contributed by atoms with E-state index in [-0.39, 0.29) is 34.9 Å². The van der Waals surface area contributed by atoms with Crippen molar-refractivity contribution in [2.75, 3.05) is 7.11 Å². The molecule has 4 rings (SSSR count). The van der Waals surface area contributed by atoms with Crippen LogP contribution < -0.4 is 0 Å². The lowest BCUT2D eigenvalue weighted by Crippen LogP contribution is -2.64. The molecule has 0 unspecified atom stereocenters. The summed E-state index contributed by atoms with van der Waals surface area (Å²) in [4.78, 5) is 24.8. The first-order valence-corrected chi connectivity index (χ1v) is 9.29. The summed E-state index contributed by atoms with van der Waals surface area (Å²) in [7, 11) is 1.41. The van der Waals surface area contributed by atoms with Gasteiger partial charge in [-0.15, -0.1) is 0 Å². The van der Waals surface area contributed by atoms with Gasteiger partial charge >= 0.3 is 5.97 Å². The van der Waals surface area contributed by atoms with Crippen molar-refractivity contribution in [3.8, 4) is 0 Å². The number of ketones is 1. The maximum Gasteiger partial charge on any atom is 0.305 e. The van der Waals surface area contributed by atoms with Crippen LogP contribution >= 0.6 is 0 Å². The Hall–Kier alpha value is -1.42. The third-order valence-electron chi connectivity index (χ3n) is 7.53. The summed E-state index contributed by atoms with van der Waals surface area (Å²) in [6, 6.07) is 0. The van der Waals surface area contributed by atoms with Crippen molar-refractivity contribution in [3.63, 3.8) is 0 Å². The van der Waals surface area contributed by atoms with E-state index in [1.807, 2.05) is 0 Å². The molecule has 0 saturated heterocycles. The minimum atomic E-state index is -0.899. The summed E-state index contributed by atoms with van der Waals surface area (Å²) in [5.41, 5.74) is 1.44. The van der Waals surface area contributed by atoms with Gasteiger partial charge in [0.05, 0.1) is 7.11 Å². The first-order chi connectivity index (χ1) is 11.7. The van der Waals surface area contributed by atoms with E-state index in [9.17, 15) is 14.7 Å². The van der Waals surface area contributed by atoms with Gasteiger partial charge in [-0.05, 0) is 56.3 Å². The molecular formula is C21H30O4. The first kappa shape index (κ1) is 18.4. The van der Waals surface area contributed by atoms with Crippen LogP contribution in [0.2, 0.25) is 0 Å². The molecule has 0 amide bonds. The average molecular weight is 346 g/mol. The number of carbonyl (C=O) groups is 2. The number of ether oxygens (including phenoxy) is 1. The number of methoxy groups -OCH3 is 1. The second kappa shape index (κ2) is 6.08. The number of aliphatic hydroxyl groups is 1. The van der Waals surface area contributed by atoms with Gasteiger partial charge in [0.25, 0.3) is 0 Å². The molecule has 1 spiro atoms. The van der Waals surface area contributed by atoms with Gasteiger partial charge in [0.15, 0.2) is 5.78 Å². The summed E-state index contributed by atoms with van der Waals surface area (Å²) in [6.45, 7) is 12.6. The van der Waals surface area contributed by atoms with Crippen LogP contribution in [0.3, 0.4) is 0 Å². The van der Waals surface area contributed by atoms with Gasteiger partial charge in [-0.2, -0.15) is 0 Å². The number of hydrogen-bond acceptors (Lipinski definition) is 4. The average Bonchev–Trinajstić information content (AvgIpc) is 2.56. The van der Waals surface area contributed by atoms with Crippen molar-refractivity contribution in [2.24, 2.45) is 28.6 Å². The molecule has 25 heavy (non-hydrogen) atoms. The molecule has 0 aromatic heterocycles. The molecule has 6 atom stereocenters. The lowest BCUT2D eigenvalue weighted by atomic mass is 9.39. The van der Waals surface area contributed by atoms with Gasteiger partial charge in [0, 0.05) is 17.8 Å².